The maximum Gasteiger partial charge on any atom is 0.319 e. The number of carbonyl (C=O) groups excluding carboxylic acids is 4. The molecule has 0 aliphatic carbocycles. The normalized spacial score (nSPS) is 27.2. The van der Waals surface area contributed by atoms with E-state index in [0.29, 0.717) is 30.7 Å². The number of nitrogens with zero attached hydrogens (tertiary/aromatic N) is 2. The molecular weight excluding hydrogens is 627 g/mol. The van der Waals surface area contributed by atoms with E-state index >= 15 is 0 Å². The molecule has 3 heterocycles. The minimum absolute atomic E-state index is 0.0350. The van der Waals surface area contributed by atoms with Crippen LogP contribution in [0.25, 0.3) is 17.0 Å². The fourth-order valence-electron chi connectivity index (χ4n) is 5.22. The van der Waals surface area contributed by atoms with E-state index in [-0.39, 0.29) is 17.6 Å². The minimum Gasteiger partial charge on any atom is -0.447 e. The smallest absolute Gasteiger partial charge is 0.319 e. The molecule has 2 aliphatic heterocycles. The molecule has 3 amide bonds. The van der Waals surface area contributed by atoms with Crippen molar-refractivity contribution >= 4 is 49.0 Å². The third-order valence-electron chi connectivity index (χ3n) is 9.60. The molecule has 12 heteroatoms. The van der Waals surface area contributed by atoms with Crippen molar-refractivity contribution in [2.24, 2.45) is 5.41 Å². The van der Waals surface area contributed by atoms with Gasteiger partial charge in [-0.2, -0.15) is 0 Å². The van der Waals surface area contributed by atoms with E-state index in [1.54, 1.807) is 26.8 Å². The number of amides is 3. The number of hydrogen-bond acceptors (Lipinski definition) is 8. The maximum absolute atomic E-state index is 14.0. The summed E-state index contributed by atoms with van der Waals surface area (Å²) in [6.07, 6.45) is 3.36. The maximum atomic E-state index is 14.0. The van der Waals surface area contributed by atoms with Gasteiger partial charge in [0, 0.05) is 11.9 Å². The van der Waals surface area contributed by atoms with Crippen LogP contribution in [0, 0.1) is 5.41 Å². The van der Waals surface area contributed by atoms with Crippen LogP contribution in [0.3, 0.4) is 0 Å². The second-order valence-corrected chi connectivity index (χ2v) is 19.7. The number of benzene rings is 1. The molecule has 1 fully saturated rings. The molecule has 1 aromatic heterocycles. The number of pyridine rings is 1. The summed E-state index contributed by atoms with van der Waals surface area (Å²) in [4.78, 5) is 59.1. The number of hydrogen-bond donors (Lipinski definition) is 3. The fourth-order valence-corrected chi connectivity index (χ4v) is 6.32. The molecular formula is C36H51N5O6Si. The van der Waals surface area contributed by atoms with Gasteiger partial charge < -0.3 is 19.8 Å². The van der Waals surface area contributed by atoms with Crippen LogP contribution in [0.5, 0.6) is 0 Å². The molecule has 48 heavy (non-hydrogen) atoms. The quantitative estimate of drug-likeness (QED) is 0.235. The van der Waals surface area contributed by atoms with E-state index in [1.165, 1.54) is 5.01 Å². The number of aromatic nitrogens is 1. The van der Waals surface area contributed by atoms with Crippen molar-refractivity contribution in [3.63, 3.8) is 0 Å². The predicted octanol–water partition coefficient (Wildman–Crippen LogP) is 4.96. The number of rotatable bonds is 4. The van der Waals surface area contributed by atoms with Gasteiger partial charge in [-0.15, -0.1) is 0 Å². The van der Waals surface area contributed by atoms with E-state index in [4.69, 9.17) is 14.1 Å². The molecule has 0 unspecified atom stereocenters. The molecule has 0 radical (unpaired) electrons. The van der Waals surface area contributed by atoms with E-state index in [1.807, 2.05) is 43.3 Å². The van der Waals surface area contributed by atoms with Crippen LogP contribution < -0.4 is 16.1 Å². The third kappa shape index (κ3) is 8.40. The number of ether oxygens (including phenoxy) is 1. The Hall–Kier alpha value is -3.87. The van der Waals surface area contributed by atoms with Crippen molar-refractivity contribution in [1.82, 2.24) is 26.1 Å². The molecule has 5 atom stereocenters. The highest BCUT2D eigenvalue weighted by Crippen LogP contribution is 2.38. The van der Waals surface area contributed by atoms with Gasteiger partial charge in [-0.3, -0.25) is 29.2 Å². The van der Waals surface area contributed by atoms with Crippen LogP contribution in [0.4, 0.5) is 0 Å². The van der Waals surface area contributed by atoms with Crippen molar-refractivity contribution in [3.8, 4) is 0 Å². The lowest BCUT2D eigenvalue weighted by Gasteiger charge is -2.38. The van der Waals surface area contributed by atoms with Crippen LogP contribution in [0.2, 0.25) is 18.1 Å². The SMILES string of the molecule is C=C(C)[C@@H]1OC(=O)[C@@](C)(CO[Si](C)(C)C(C)(C)C)/C=C/c2ccc3ccc(nc3c2)[C@@H](C)NC(=O)[C@@H]2CCCN(N2)C(=O)[C@H](C)NC1=O. The highest BCUT2D eigenvalue weighted by atomic mass is 28.4. The van der Waals surface area contributed by atoms with Crippen molar-refractivity contribution in [3.05, 3.63) is 59.8 Å². The fraction of sp³-hybridized carbons (Fsp3) is 0.528. The second kappa shape index (κ2) is 14.3. The van der Waals surface area contributed by atoms with E-state index < -0.39 is 55.7 Å². The molecule has 4 rings (SSSR count). The molecule has 2 aromatic rings. The van der Waals surface area contributed by atoms with Crippen molar-refractivity contribution < 1.29 is 28.3 Å². The lowest BCUT2D eigenvalue weighted by molar-refractivity contribution is -0.162. The molecule has 1 saturated heterocycles. The van der Waals surface area contributed by atoms with E-state index in [2.05, 4.69) is 56.5 Å². The average Bonchev–Trinajstić information content (AvgIpc) is 3.03. The van der Waals surface area contributed by atoms with Crippen LogP contribution in [0.15, 0.2) is 48.6 Å². The first kappa shape index (κ1) is 37.0. The summed E-state index contributed by atoms with van der Waals surface area (Å²) < 4.78 is 12.4. The van der Waals surface area contributed by atoms with Crippen LogP contribution in [0.1, 0.15) is 78.6 Å². The number of esters is 1. The summed E-state index contributed by atoms with van der Waals surface area (Å²) in [5.74, 6) is -2.01. The standard InChI is InChI=1S/C36H51N5O6Si/c1-22(2)30-32(43)38-24(4)33(44)41-19-11-12-28(40-41)31(42)37-23(3)27-16-15-26-14-13-25(20-29(26)39-27)17-18-36(8,34(45)47-30)21-46-48(9,10)35(5,6)7/h13-18,20,23-24,28,30,40H,1,11-12,19,21H2,2-10H3,(H,37,42)(H,38,43)/b18-17+/t23-,24+,28+,30+,36-/m1/s1. The molecule has 1 aromatic carbocycles. The number of carbonyl (C=O) groups is 4. The first-order valence-corrected chi connectivity index (χ1v) is 19.5. The molecule has 0 spiro atoms. The zero-order valence-corrected chi connectivity index (χ0v) is 30.7. The summed E-state index contributed by atoms with van der Waals surface area (Å²) >= 11 is 0. The Morgan fingerprint density at radius 2 is 1.75 bits per heavy atom. The highest BCUT2D eigenvalue weighted by Gasteiger charge is 2.43. The monoisotopic (exact) mass is 677 g/mol. The number of fused-ring (bicyclic) bond motifs is 4. The van der Waals surface area contributed by atoms with E-state index in [0.717, 1.165) is 16.5 Å². The Morgan fingerprint density at radius 1 is 1.08 bits per heavy atom. The van der Waals surface area contributed by atoms with Crippen molar-refractivity contribution in [2.45, 2.75) is 104 Å². The Morgan fingerprint density at radius 3 is 2.42 bits per heavy atom. The van der Waals surface area contributed by atoms with Crippen molar-refractivity contribution in [1.29, 1.82) is 0 Å². The average molecular weight is 678 g/mol. The highest BCUT2D eigenvalue weighted by molar-refractivity contribution is 6.74. The number of hydrazine groups is 1. The van der Waals surface area contributed by atoms with Gasteiger partial charge in [0.05, 0.1) is 23.9 Å². The number of cyclic esters (lactones) is 1. The molecule has 3 N–H and O–H groups in total. The Bertz CT molecular complexity index is 1620. The number of nitrogens with one attached hydrogen (secondary N) is 3. The first-order chi connectivity index (χ1) is 22.3. The van der Waals surface area contributed by atoms with Gasteiger partial charge in [-0.05, 0) is 81.9 Å². The Kier molecular flexibility index (Phi) is 11.0. The summed E-state index contributed by atoms with van der Waals surface area (Å²) in [5.41, 5.74) is 4.26. The summed E-state index contributed by atoms with van der Waals surface area (Å²) in [6, 6.07) is 7.63. The van der Waals surface area contributed by atoms with Gasteiger partial charge >= 0.3 is 5.97 Å². The summed E-state index contributed by atoms with van der Waals surface area (Å²) in [6.45, 7) is 21.6. The zero-order chi connectivity index (χ0) is 35.6. The minimum atomic E-state index is -2.29. The van der Waals surface area contributed by atoms with Gasteiger partial charge in [0.2, 0.25) is 12.0 Å². The van der Waals surface area contributed by atoms with Crippen LogP contribution >= 0.6 is 0 Å². The van der Waals surface area contributed by atoms with Crippen molar-refractivity contribution in [2.75, 3.05) is 13.2 Å². The van der Waals surface area contributed by atoms with Gasteiger partial charge in [-0.25, -0.2) is 5.43 Å². The van der Waals surface area contributed by atoms with Crippen LogP contribution in [-0.2, 0) is 28.3 Å². The topological polar surface area (TPSA) is 139 Å². The molecule has 0 saturated carbocycles. The molecule has 5 bridgehead atoms. The van der Waals surface area contributed by atoms with Gasteiger partial charge in [-0.1, -0.05) is 57.7 Å². The van der Waals surface area contributed by atoms with Gasteiger partial charge in [0.15, 0.2) is 8.32 Å². The van der Waals surface area contributed by atoms with E-state index in [9.17, 15) is 19.2 Å². The Labute approximate surface area is 285 Å². The lowest BCUT2D eigenvalue weighted by Crippen LogP contribution is -2.61. The first-order valence-electron chi connectivity index (χ1n) is 16.6. The largest absolute Gasteiger partial charge is 0.447 e. The summed E-state index contributed by atoms with van der Waals surface area (Å²) in [7, 11) is -2.29. The van der Waals surface area contributed by atoms with Gasteiger partial charge in [0.25, 0.3) is 11.8 Å². The zero-order valence-electron chi connectivity index (χ0n) is 29.7. The van der Waals surface area contributed by atoms with Crippen LogP contribution in [-0.4, -0.2) is 73.3 Å². The predicted molar refractivity (Wildman–Crippen MR) is 189 cm³/mol. The molecule has 11 nitrogen and oxygen atoms in total. The lowest BCUT2D eigenvalue weighted by atomic mass is 9.90. The summed E-state index contributed by atoms with van der Waals surface area (Å²) in [5, 5.41) is 7.90. The molecule has 260 valence electrons. The van der Waals surface area contributed by atoms with Gasteiger partial charge in [0.1, 0.15) is 17.5 Å². The Balaban J connectivity index is 1.77. The third-order valence-corrected chi connectivity index (χ3v) is 14.1. The second-order valence-electron chi connectivity index (χ2n) is 14.9. The molecule has 2 aliphatic rings.